The minimum atomic E-state index is -0.0103. The topological polar surface area (TPSA) is 103 Å². The standard InChI is InChI=1S/C22H26N4O5/c1-28-10-11-30-17-7-8-23-18(12-17)21-24-22(31-25-21)19-4-3-9-26(19)14-15-5-6-16(29-2)13-20(15)27/h5-8,12-13,19,27H,3-4,9-11,14H2,1-2H3/t19-/m0/s1. The lowest BCUT2D eigenvalue weighted by molar-refractivity contribution is 0.146. The van der Waals surface area contributed by atoms with Gasteiger partial charge in [-0.05, 0) is 31.5 Å². The Morgan fingerprint density at radius 3 is 2.87 bits per heavy atom. The molecule has 0 amide bonds. The van der Waals surface area contributed by atoms with Crippen molar-refractivity contribution in [1.29, 1.82) is 0 Å². The fourth-order valence-corrected chi connectivity index (χ4v) is 3.66. The fraction of sp³-hybridized carbons (Fsp3) is 0.409. The molecule has 1 atom stereocenters. The monoisotopic (exact) mass is 426 g/mol. The lowest BCUT2D eigenvalue weighted by Gasteiger charge is -2.22. The molecule has 0 spiro atoms. The molecule has 1 aliphatic heterocycles. The molecular weight excluding hydrogens is 400 g/mol. The van der Waals surface area contributed by atoms with Crippen molar-refractivity contribution < 1.29 is 23.8 Å². The largest absolute Gasteiger partial charge is 0.507 e. The summed E-state index contributed by atoms with van der Waals surface area (Å²) in [6.45, 7) is 2.42. The molecule has 1 fully saturated rings. The van der Waals surface area contributed by atoms with E-state index in [1.165, 1.54) is 0 Å². The van der Waals surface area contributed by atoms with Crippen molar-refractivity contribution in [3.8, 4) is 28.8 Å². The summed E-state index contributed by atoms with van der Waals surface area (Å²) in [6, 6.07) is 8.90. The van der Waals surface area contributed by atoms with Crippen LogP contribution in [0.5, 0.6) is 17.2 Å². The SMILES string of the molecule is COCCOc1ccnc(-c2noc([C@@H]3CCCN3Cc3ccc(OC)cc3O)n2)c1. The molecule has 0 saturated carbocycles. The second kappa shape index (κ2) is 9.76. The first-order valence-corrected chi connectivity index (χ1v) is 10.2. The summed E-state index contributed by atoms with van der Waals surface area (Å²) in [4.78, 5) is 11.2. The highest BCUT2D eigenvalue weighted by atomic mass is 16.5. The molecule has 1 aromatic carbocycles. The second-order valence-electron chi connectivity index (χ2n) is 7.30. The van der Waals surface area contributed by atoms with E-state index in [2.05, 4.69) is 20.0 Å². The summed E-state index contributed by atoms with van der Waals surface area (Å²) in [5.41, 5.74) is 1.41. The molecule has 3 heterocycles. The minimum Gasteiger partial charge on any atom is -0.507 e. The molecular formula is C22H26N4O5. The second-order valence-corrected chi connectivity index (χ2v) is 7.30. The maximum Gasteiger partial charge on any atom is 0.244 e. The Morgan fingerprint density at radius 1 is 1.16 bits per heavy atom. The Kier molecular flexibility index (Phi) is 6.63. The van der Waals surface area contributed by atoms with Gasteiger partial charge in [-0.3, -0.25) is 9.88 Å². The number of nitrogens with zero attached hydrogens (tertiary/aromatic N) is 4. The van der Waals surface area contributed by atoms with Crippen LogP contribution < -0.4 is 9.47 Å². The van der Waals surface area contributed by atoms with Crippen LogP contribution in [0.1, 0.15) is 30.3 Å². The lowest BCUT2D eigenvalue weighted by atomic mass is 10.1. The van der Waals surface area contributed by atoms with Gasteiger partial charge >= 0.3 is 0 Å². The molecule has 1 aliphatic rings. The van der Waals surface area contributed by atoms with Gasteiger partial charge in [-0.25, -0.2) is 0 Å². The molecule has 0 radical (unpaired) electrons. The number of likely N-dealkylation sites (tertiary alicyclic amines) is 1. The van der Waals surface area contributed by atoms with E-state index in [4.69, 9.17) is 18.7 Å². The molecule has 0 unspecified atom stereocenters. The van der Waals surface area contributed by atoms with Crippen LogP contribution in [0, 0.1) is 0 Å². The predicted molar refractivity (Wildman–Crippen MR) is 112 cm³/mol. The first-order valence-electron chi connectivity index (χ1n) is 10.2. The number of ether oxygens (including phenoxy) is 3. The zero-order chi connectivity index (χ0) is 21.6. The van der Waals surface area contributed by atoms with Gasteiger partial charge in [0.2, 0.25) is 11.7 Å². The molecule has 31 heavy (non-hydrogen) atoms. The molecule has 0 bridgehead atoms. The first kappa shape index (κ1) is 21.1. The van der Waals surface area contributed by atoms with E-state index in [0.29, 0.717) is 48.7 Å². The van der Waals surface area contributed by atoms with Crippen LogP contribution >= 0.6 is 0 Å². The predicted octanol–water partition coefficient (Wildman–Crippen LogP) is 3.21. The van der Waals surface area contributed by atoms with Gasteiger partial charge in [0.25, 0.3) is 0 Å². The summed E-state index contributed by atoms with van der Waals surface area (Å²) in [6.07, 6.45) is 3.58. The van der Waals surface area contributed by atoms with Gasteiger partial charge in [-0.2, -0.15) is 4.98 Å². The van der Waals surface area contributed by atoms with E-state index in [1.807, 2.05) is 12.1 Å². The van der Waals surface area contributed by atoms with Crippen LogP contribution in [0.25, 0.3) is 11.5 Å². The third-order valence-corrected chi connectivity index (χ3v) is 5.27. The number of aromatic hydroxyl groups is 1. The van der Waals surface area contributed by atoms with Crippen molar-refractivity contribution in [2.24, 2.45) is 0 Å². The van der Waals surface area contributed by atoms with Gasteiger partial charge in [0.1, 0.15) is 29.5 Å². The van der Waals surface area contributed by atoms with E-state index < -0.39 is 0 Å². The van der Waals surface area contributed by atoms with Crippen LogP contribution in [-0.2, 0) is 11.3 Å². The zero-order valence-electron chi connectivity index (χ0n) is 17.7. The fourth-order valence-electron chi connectivity index (χ4n) is 3.66. The molecule has 3 aromatic rings. The number of hydrogen-bond donors (Lipinski definition) is 1. The van der Waals surface area contributed by atoms with Crippen LogP contribution in [0.4, 0.5) is 0 Å². The Bertz CT molecular complexity index is 1010. The Hall–Kier alpha value is -3.17. The normalized spacial score (nSPS) is 16.5. The summed E-state index contributed by atoms with van der Waals surface area (Å²) in [5, 5.41) is 14.4. The van der Waals surface area contributed by atoms with Crippen molar-refractivity contribution in [3.05, 3.63) is 48.0 Å². The van der Waals surface area contributed by atoms with Crippen molar-refractivity contribution in [2.45, 2.75) is 25.4 Å². The Balaban J connectivity index is 1.47. The number of benzene rings is 1. The van der Waals surface area contributed by atoms with Gasteiger partial charge in [-0.15, -0.1) is 0 Å². The van der Waals surface area contributed by atoms with E-state index in [0.717, 1.165) is 24.9 Å². The Morgan fingerprint density at radius 2 is 2.06 bits per heavy atom. The number of pyridine rings is 1. The molecule has 2 aromatic heterocycles. The summed E-state index contributed by atoms with van der Waals surface area (Å²) in [7, 11) is 3.21. The van der Waals surface area contributed by atoms with E-state index in [-0.39, 0.29) is 11.8 Å². The molecule has 1 N–H and O–H groups in total. The number of hydrogen-bond acceptors (Lipinski definition) is 9. The number of methoxy groups -OCH3 is 2. The average Bonchev–Trinajstić information content (AvgIpc) is 3.45. The molecule has 0 aliphatic carbocycles. The average molecular weight is 426 g/mol. The maximum absolute atomic E-state index is 10.3. The quantitative estimate of drug-likeness (QED) is 0.517. The zero-order valence-corrected chi connectivity index (χ0v) is 17.7. The van der Waals surface area contributed by atoms with Crippen LogP contribution in [0.15, 0.2) is 41.1 Å². The van der Waals surface area contributed by atoms with Gasteiger partial charge in [0, 0.05) is 37.5 Å². The molecule has 9 heteroatoms. The van der Waals surface area contributed by atoms with Crippen molar-refractivity contribution in [1.82, 2.24) is 20.0 Å². The summed E-state index contributed by atoms with van der Waals surface area (Å²) < 4.78 is 21.4. The lowest BCUT2D eigenvalue weighted by Crippen LogP contribution is -2.23. The first-order chi connectivity index (χ1) is 15.2. The minimum absolute atomic E-state index is 0.0103. The van der Waals surface area contributed by atoms with E-state index >= 15 is 0 Å². The van der Waals surface area contributed by atoms with Crippen LogP contribution in [0.2, 0.25) is 0 Å². The summed E-state index contributed by atoms with van der Waals surface area (Å²) in [5.74, 6) is 2.48. The number of phenols is 1. The molecule has 9 nitrogen and oxygen atoms in total. The van der Waals surface area contributed by atoms with Crippen LogP contribution in [-0.4, -0.2) is 59.1 Å². The van der Waals surface area contributed by atoms with Gasteiger partial charge in [0.05, 0.1) is 19.8 Å². The van der Waals surface area contributed by atoms with Crippen molar-refractivity contribution >= 4 is 0 Å². The van der Waals surface area contributed by atoms with E-state index in [9.17, 15) is 5.11 Å². The van der Waals surface area contributed by atoms with Crippen LogP contribution in [0.3, 0.4) is 0 Å². The van der Waals surface area contributed by atoms with Crippen molar-refractivity contribution in [3.63, 3.8) is 0 Å². The highest BCUT2D eigenvalue weighted by Gasteiger charge is 2.31. The number of aromatic nitrogens is 3. The number of phenolic OH excluding ortho intramolecular Hbond substituents is 1. The van der Waals surface area contributed by atoms with Gasteiger partial charge in [-0.1, -0.05) is 11.2 Å². The van der Waals surface area contributed by atoms with E-state index in [1.54, 1.807) is 38.6 Å². The highest BCUT2D eigenvalue weighted by Crippen LogP contribution is 2.35. The smallest absolute Gasteiger partial charge is 0.244 e. The third-order valence-electron chi connectivity index (χ3n) is 5.27. The summed E-state index contributed by atoms with van der Waals surface area (Å²) >= 11 is 0. The van der Waals surface area contributed by atoms with Gasteiger partial charge in [0.15, 0.2) is 0 Å². The molecule has 1 saturated heterocycles. The van der Waals surface area contributed by atoms with Crippen molar-refractivity contribution in [2.75, 3.05) is 34.0 Å². The molecule has 164 valence electrons. The highest BCUT2D eigenvalue weighted by molar-refractivity contribution is 5.51. The number of rotatable bonds is 9. The third kappa shape index (κ3) is 4.95. The van der Waals surface area contributed by atoms with Gasteiger partial charge < -0.3 is 23.8 Å². The Labute approximate surface area is 180 Å². The molecule has 4 rings (SSSR count). The maximum atomic E-state index is 10.3.